The Morgan fingerprint density at radius 2 is 2.11 bits per heavy atom. The van der Waals surface area contributed by atoms with Crippen LogP contribution in [0.4, 0.5) is 17.2 Å². The predicted octanol–water partition coefficient (Wildman–Crippen LogP) is 2.50. The number of anilines is 3. The lowest BCUT2D eigenvalue weighted by atomic mass is 10.1. The van der Waals surface area contributed by atoms with Gasteiger partial charge >= 0.3 is 5.97 Å². The molecule has 0 aliphatic rings. The molecule has 0 amide bonds. The van der Waals surface area contributed by atoms with Crippen molar-refractivity contribution < 1.29 is 9.53 Å². The molecule has 1 aromatic heterocycles. The molecule has 0 unspecified atom stereocenters. The van der Waals surface area contributed by atoms with Crippen molar-refractivity contribution in [1.82, 2.24) is 4.98 Å². The molecular weight excluding hydrogens is 242 g/mol. The molecule has 98 valence electrons. The van der Waals surface area contributed by atoms with Gasteiger partial charge in [0, 0.05) is 0 Å². The minimum Gasteiger partial charge on any atom is -0.465 e. The Bertz CT molecular complexity index is 611. The fourth-order valence-corrected chi connectivity index (χ4v) is 1.74. The van der Waals surface area contributed by atoms with Crippen LogP contribution in [0.15, 0.2) is 36.5 Å². The maximum absolute atomic E-state index is 11.7. The Balaban J connectivity index is 2.35. The molecule has 0 saturated heterocycles. The lowest BCUT2D eigenvalue weighted by molar-refractivity contribution is 0.0602. The van der Waals surface area contributed by atoms with Gasteiger partial charge in [-0.05, 0) is 30.7 Å². The number of esters is 1. The summed E-state index contributed by atoms with van der Waals surface area (Å²) in [5.74, 6) is 0.266. The number of carbonyl (C=O) groups excluding carboxylic acids is 1. The number of nitrogens with one attached hydrogen (secondary N) is 1. The van der Waals surface area contributed by atoms with Gasteiger partial charge in [0.15, 0.2) is 0 Å². The Morgan fingerprint density at radius 1 is 1.37 bits per heavy atom. The molecule has 19 heavy (non-hydrogen) atoms. The van der Waals surface area contributed by atoms with Crippen LogP contribution in [0.5, 0.6) is 0 Å². The van der Waals surface area contributed by atoms with Crippen molar-refractivity contribution in [2.45, 2.75) is 6.92 Å². The van der Waals surface area contributed by atoms with Crippen LogP contribution in [0.2, 0.25) is 0 Å². The molecule has 0 saturated carbocycles. The fourth-order valence-electron chi connectivity index (χ4n) is 1.74. The van der Waals surface area contributed by atoms with Gasteiger partial charge in [-0.25, -0.2) is 9.78 Å². The van der Waals surface area contributed by atoms with Gasteiger partial charge in [-0.2, -0.15) is 0 Å². The number of hydrogen-bond donors (Lipinski definition) is 2. The summed E-state index contributed by atoms with van der Waals surface area (Å²) in [7, 11) is 1.35. The van der Waals surface area contributed by atoms with Crippen LogP contribution < -0.4 is 11.1 Å². The van der Waals surface area contributed by atoms with Crippen LogP contribution in [0.3, 0.4) is 0 Å². The number of benzene rings is 1. The summed E-state index contributed by atoms with van der Waals surface area (Å²) in [6, 6.07) is 8.92. The summed E-state index contributed by atoms with van der Waals surface area (Å²) in [6.07, 6.45) is 1.57. The second kappa shape index (κ2) is 5.39. The van der Waals surface area contributed by atoms with Crippen LogP contribution in [0.1, 0.15) is 15.9 Å². The van der Waals surface area contributed by atoms with E-state index in [4.69, 9.17) is 10.5 Å². The summed E-state index contributed by atoms with van der Waals surface area (Å²) in [5, 5.41) is 3.12. The Labute approximate surface area is 111 Å². The Hall–Kier alpha value is -2.56. The lowest BCUT2D eigenvalue weighted by Gasteiger charge is -2.12. The number of aryl methyl sites for hydroxylation is 1. The largest absolute Gasteiger partial charge is 0.465 e. The summed E-state index contributed by atoms with van der Waals surface area (Å²) in [6.45, 7) is 1.90. The summed E-state index contributed by atoms with van der Waals surface area (Å²) < 4.78 is 4.74. The number of nitrogens with two attached hydrogens (primary N) is 1. The van der Waals surface area contributed by atoms with E-state index in [1.165, 1.54) is 7.11 Å². The first kappa shape index (κ1) is 12.9. The highest BCUT2D eigenvalue weighted by Crippen LogP contribution is 2.23. The molecule has 0 aliphatic carbocycles. The van der Waals surface area contributed by atoms with E-state index in [0.717, 1.165) is 5.56 Å². The van der Waals surface area contributed by atoms with Gasteiger partial charge in [0.1, 0.15) is 5.82 Å². The van der Waals surface area contributed by atoms with Gasteiger partial charge in [-0.3, -0.25) is 0 Å². The molecule has 5 heteroatoms. The van der Waals surface area contributed by atoms with Crippen LogP contribution in [-0.2, 0) is 4.74 Å². The minimum absolute atomic E-state index is 0.392. The number of nitrogens with zero attached hydrogens (tertiary/aromatic N) is 1. The van der Waals surface area contributed by atoms with Crippen LogP contribution in [0, 0.1) is 6.92 Å². The molecule has 2 aromatic rings. The van der Waals surface area contributed by atoms with E-state index < -0.39 is 5.97 Å². The molecule has 5 nitrogen and oxygen atoms in total. The molecule has 0 atom stereocenters. The summed E-state index contributed by atoms with van der Waals surface area (Å²) in [5.41, 5.74) is 8.27. The monoisotopic (exact) mass is 257 g/mol. The van der Waals surface area contributed by atoms with Gasteiger partial charge in [0.05, 0.1) is 30.2 Å². The van der Waals surface area contributed by atoms with Crippen molar-refractivity contribution in [2.24, 2.45) is 0 Å². The molecule has 0 spiro atoms. The number of pyridine rings is 1. The molecule has 1 heterocycles. The van der Waals surface area contributed by atoms with Crippen molar-refractivity contribution in [2.75, 3.05) is 18.2 Å². The SMILES string of the molecule is COC(=O)c1ccccc1Nc1ncc(N)cc1C. The molecule has 1 aromatic carbocycles. The van der Waals surface area contributed by atoms with Crippen molar-refractivity contribution in [3.63, 3.8) is 0 Å². The highest BCUT2D eigenvalue weighted by Gasteiger charge is 2.12. The topological polar surface area (TPSA) is 77.2 Å². The van der Waals surface area contributed by atoms with Crippen molar-refractivity contribution in [3.05, 3.63) is 47.7 Å². The average Bonchev–Trinajstić information content (AvgIpc) is 2.41. The van der Waals surface area contributed by atoms with E-state index in [9.17, 15) is 4.79 Å². The van der Waals surface area contributed by atoms with Gasteiger partial charge in [0.2, 0.25) is 0 Å². The van der Waals surface area contributed by atoms with Crippen molar-refractivity contribution in [3.8, 4) is 0 Å². The van der Waals surface area contributed by atoms with Crippen molar-refractivity contribution >= 4 is 23.2 Å². The normalized spacial score (nSPS) is 10.0. The smallest absolute Gasteiger partial charge is 0.339 e. The number of carbonyl (C=O) groups is 1. The maximum Gasteiger partial charge on any atom is 0.339 e. The minimum atomic E-state index is -0.392. The van der Waals surface area contributed by atoms with E-state index in [2.05, 4.69) is 10.3 Å². The third-order valence-electron chi connectivity index (χ3n) is 2.68. The summed E-state index contributed by atoms with van der Waals surface area (Å²) in [4.78, 5) is 15.9. The molecular formula is C14H15N3O2. The third-order valence-corrected chi connectivity index (χ3v) is 2.68. The number of methoxy groups -OCH3 is 1. The average molecular weight is 257 g/mol. The molecule has 0 aliphatic heterocycles. The lowest BCUT2D eigenvalue weighted by Crippen LogP contribution is -2.06. The second-order valence-corrected chi connectivity index (χ2v) is 4.10. The van der Waals surface area contributed by atoms with Crippen LogP contribution in [0.25, 0.3) is 0 Å². The van der Waals surface area contributed by atoms with Gasteiger partial charge < -0.3 is 15.8 Å². The second-order valence-electron chi connectivity index (χ2n) is 4.10. The highest BCUT2D eigenvalue weighted by atomic mass is 16.5. The predicted molar refractivity (Wildman–Crippen MR) is 74.5 cm³/mol. The van der Waals surface area contributed by atoms with Crippen molar-refractivity contribution in [1.29, 1.82) is 0 Å². The zero-order valence-electron chi connectivity index (χ0n) is 10.8. The molecule has 0 radical (unpaired) electrons. The number of para-hydroxylation sites is 1. The summed E-state index contributed by atoms with van der Waals surface area (Å²) >= 11 is 0. The third kappa shape index (κ3) is 2.82. The van der Waals surface area contributed by atoms with E-state index in [0.29, 0.717) is 22.8 Å². The molecule has 3 N–H and O–H groups in total. The number of nitrogen functional groups attached to an aromatic ring is 1. The van der Waals surface area contributed by atoms with E-state index >= 15 is 0 Å². The zero-order chi connectivity index (χ0) is 13.8. The van der Waals surface area contributed by atoms with Gasteiger partial charge in [-0.15, -0.1) is 0 Å². The molecule has 0 fully saturated rings. The number of aromatic nitrogens is 1. The van der Waals surface area contributed by atoms with Crippen LogP contribution in [-0.4, -0.2) is 18.1 Å². The number of hydrogen-bond acceptors (Lipinski definition) is 5. The first-order chi connectivity index (χ1) is 9.11. The highest BCUT2D eigenvalue weighted by molar-refractivity contribution is 5.96. The first-order valence-corrected chi connectivity index (χ1v) is 5.78. The van der Waals surface area contributed by atoms with Crippen LogP contribution >= 0.6 is 0 Å². The standard InChI is InChI=1S/C14H15N3O2/c1-9-7-10(15)8-16-13(9)17-12-6-4-3-5-11(12)14(18)19-2/h3-8H,15H2,1-2H3,(H,16,17). The first-order valence-electron chi connectivity index (χ1n) is 5.78. The Morgan fingerprint density at radius 3 is 2.79 bits per heavy atom. The van der Waals surface area contributed by atoms with E-state index in [1.54, 1.807) is 24.4 Å². The fraction of sp³-hybridized carbons (Fsp3) is 0.143. The number of ether oxygens (including phenoxy) is 1. The molecule has 0 bridgehead atoms. The van der Waals surface area contributed by atoms with Gasteiger partial charge in [-0.1, -0.05) is 12.1 Å². The maximum atomic E-state index is 11.7. The number of rotatable bonds is 3. The molecule has 2 rings (SSSR count). The zero-order valence-corrected chi connectivity index (χ0v) is 10.8. The Kier molecular flexibility index (Phi) is 3.66. The quantitative estimate of drug-likeness (QED) is 0.826. The van der Waals surface area contributed by atoms with E-state index in [-0.39, 0.29) is 0 Å². The van der Waals surface area contributed by atoms with Gasteiger partial charge in [0.25, 0.3) is 0 Å². The van der Waals surface area contributed by atoms with E-state index in [1.807, 2.05) is 19.1 Å².